The first-order chi connectivity index (χ1) is 12.0. The number of benzene rings is 2. The second-order valence-electron chi connectivity index (χ2n) is 5.65. The first kappa shape index (κ1) is 16.0. The number of thiazole rings is 1. The highest BCUT2D eigenvalue weighted by atomic mass is 79.9. The van der Waals surface area contributed by atoms with E-state index in [0.717, 1.165) is 21.4 Å². The van der Waals surface area contributed by atoms with Gasteiger partial charge in [0.1, 0.15) is 4.88 Å². The van der Waals surface area contributed by atoms with Crippen molar-refractivity contribution in [3.05, 3.63) is 77.6 Å². The van der Waals surface area contributed by atoms with Crippen LogP contribution in [0.4, 0.5) is 0 Å². The quantitative estimate of drug-likeness (QED) is 0.697. The Morgan fingerprint density at radius 2 is 1.84 bits per heavy atom. The summed E-state index contributed by atoms with van der Waals surface area (Å²) in [6, 6.07) is 12.5. The van der Waals surface area contributed by atoms with Crippen molar-refractivity contribution in [2.24, 2.45) is 4.99 Å². The summed E-state index contributed by atoms with van der Waals surface area (Å²) in [4.78, 5) is 28.7. The molecule has 2 aromatic carbocycles. The highest BCUT2D eigenvalue weighted by Gasteiger charge is 2.26. The van der Waals surface area contributed by atoms with Gasteiger partial charge in [-0.1, -0.05) is 45.0 Å². The van der Waals surface area contributed by atoms with E-state index in [1.807, 2.05) is 19.1 Å². The molecule has 0 aliphatic carbocycles. The Hall–Kier alpha value is -2.51. The number of aromatic nitrogens is 1. The van der Waals surface area contributed by atoms with Gasteiger partial charge in [-0.15, -0.1) is 0 Å². The van der Waals surface area contributed by atoms with Crippen LogP contribution in [-0.2, 0) is 4.79 Å². The molecule has 3 aromatic rings. The maximum atomic E-state index is 12.4. The minimum Gasteiger partial charge on any atom is -0.493 e. The molecule has 2 heterocycles. The molecular formula is C18H11BrN2O3S. The molecule has 1 aliphatic rings. The van der Waals surface area contributed by atoms with Gasteiger partial charge in [-0.05, 0) is 37.3 Å². The molecule has 124 valence electrons. The molecule has 0 bridgehead atoms. The lowest BCUT2D eigenvalue weighted by Crippen LogP contribution is -2.22. The van der Waals surface area contributed by atoms with Crippen LogP contribution in [0.3, 0.4) is 0 Å². The van der Waals surface area contributed by atoms with E-state index in [2.05, 4.69) is 20.9 Å². The molecule has 0 saturated heterocycles. The van der Waals surface area contributed by atoms with Gasteiger partial charge < -0.3 is 5.11 Å². The number of carbonyl (C=O) groups excluding carboxylic acids is 1. The summed E-state index contributed by atoms with van der Waals surface area (Å²) in [5, 5.41) is 11.8. The van der Waals surface area contributed by atoms with Gasteiger partial charge in [0, 0.05) is 9.69 Å². The molecule has 0 radical (unpaired) electrons. The zero-order valence-electron chi connectivity index (χ0n) is 13.0. The van der Waals surface area contributed by atoms with Crippen LogP contribution in [0.15, 0.2) is 56.7 Å². The number of halogens is 1. The van der Waals surface area contributed by atoms with Crippen LogP contribution in [0.5, 0.6) is 5.88 Å². The molecule has 0 spiro atoms. The fourth-order valence-electron chi connectivity index (χ4n) is 2.76. The molecular weight excluding hydrogens is 404 g/mol. The van der Waals surface area contributed by atoms with Gasteiger partial charge >= 0.3 is 4.87 Å². The predicted octanol–water partition coefficient (Wildman–Crippen LogP) is 2.03. The molecule has 0 saturated carbocycles. The van der Waals surface area contributed by atoms with Crippen LogP contribution >= 0.6 is 27.3 Å². The van der Waals surface area contributed by atoms with E-state index < -0.39 is 5.91 Å². The summed E-state index contributed by atoms with van der Waals surface area (Å²) in [5.41, 5.74) is 1.85. The number of aromatic hydroxyl groups is 1. The Labute approximate surface area is 154 Å². The molecule has 1 N–H and O–H groups in total. The summed E-state index contributed by atoms with van der Waals surface area (Å²) >= 11 is 4.21. The Morgan fingerprint density at radius 1 is 1.12 bits per heavy atom. The van der Waals surface area contributed by atoms with E-state index in [1.165, 1.54) is 4.57 Å². The second-order valence-corrected chi connectivity index (χ2v) is 7.52. The molecule has 7 heteroatoms. The smallest absolute Gasteiger partial charge is 0.315 e. The van der Waals surface area contributed by atoms with Gasteiger partial charge in [0.15, 0.2) is 0 Å². The van der Waals surface area contributed by atoms with E-state index in [9.17, 15) is 14.7 Å². The van der Waals surface area contributed by atoms with Crippen LogP contribution in [-0.4, -0.2) is 15.6 Å². The van der Waals surface area contributed by atoms with E-state index in [1.54, 1.807) is 30.3 Å². The van der Waals surface area contributed by atoms with Crippen LogP contribution in [0.2, 0.25) is 0 Å². The number of amides is 1. The van der Waals surface area contributed by atoms with Crippen molar-refractivity contribution in [3.8, 4) is 11.6 Å². The standard InChI is InChI=1S/C18H11BrN2O3S/c1-9-2-5-11(6-3-9)21-17(23)15(25-18(21)24)14-12-8-10(19)4-7-13(12)20-16(14)22/h2-8,23H,1H3. The van der Waals surface area contributed by atoms with Crippen molar-refractivity contribution < 1.29 is 9.90 Å². The first-order valence-electron chi connectivity index (χ1n) is 7.41. The average molecular weight is 415 g/mol. The maximum Gasteiger partial charge on any atom is 0.315 e. The van der Waals surface area contributed by atoms with Gasteiger partial charge in [0.2, 0.25) is 5.88 Å². The molecule has 0 atom stereocenters. The molecule has 4 rings (SSSR count). The third-order valence-electron chi connectivity index (χ3n) is 3.97. The maximum absolute atomic E-state index is 12.4. The van der Waals surface area contributed by atoms with E-state index in [-0.39, 0.29) is 21.2 Å². The zero-order chi connectivity index (χ0) is 17.7. The Morgan fingerprint density at radius 3 is 2.56 bits per heavy atom. The average Bonchev–Trinajstić information content (AvgIpc) is 3.04. The number of rotatable bonds is 2. The Kier molecular flexibility index (Phi) is 3.70. The number of hydrogen-bond acceptors (Lipinski definition) is 4. The number of hydrogen-bond donors (Lipinski definition) is 1. The van der Waals surface area contributed by atoms with Crippen molar-refractivity contribution in [1.29, 1.82) is 0 Å². The fourth-order valence-corrected chi connectivity index (χ4v) is 4.06. The van der Waals surface area contributed by atoms with Crippen LogP contribution in [0.1, 0.15) is 10.4 Å². The summed E-state index contributed by atoms with van der Waals surface area (Å²) in [7, 11) is 0. The summed E-state index contributed by atoms with van der Waals surface area (Å²) in [5.74, 6) is -0.703. The monoisotopic (exact) mass is 414 g/mol. The molecule has 1 aromatic heterocycles. The lowest BCUT2D eigenvalue weighted by atomic mass is 10.1. The summed E-state index contributed by atoms with van der Waals surface area (Å²) in [6.07, 6.45) is 0. The topological polar surface area (TPSA) is 71.7 Å². The van der Waals surface area contributed by atoms with Crippen LogP contribution in [0, 0.1) is 6.92 Å². The molecule has 25 heavy (non-hydrogen) atoms. The molecule has 0 fully saturated rings. The summed E-state index contributed by atoms with van der Waals surface area (Å²) < 4.78 is 1.99. The van der Waals surface area contributed by atoms with Crippen molar-refractivity contribution in [1.82, 2.24) is 4.57 Å². The Balaban J connectivity index is 2.00. The Bertz CT molecular complexity index is 1210. The minimum absolute atomic E-state index is 0.233. The zero-order valence-corrected chi connectivity index (χ0v) is 15.4. The largest absolute Gasteiger partial charge is 0.493 e. The summed E-state index contributed by atoms with van der Waals surface area (Å²) in [6.45, 7) is 1.94. The third-order valence-corrected chi connectivity index (χ3v) is 5.41. The first-order valence-corrected chi connectivity index (χ1v) is 9.02. The highest BCUT2D eigenvalue weighted by Crippen LogP contribution is 2.30. The molecule has 0 unspecified atom stereocenters. The van der Waals surface area contributed by atoms with Gasteiger partial charge in [0.05, 0.1) is 16.6 Å². The van der Waals surface area contributed by atoms with Crippen molar-refractivity contribution in [3.63, 3.8) is 0 Å². The van der Waals surface area contributed by atoms with E-state index >= 15 is 0 Å². The fraction of sp³-hybridized carbons (Fsp3) is 0.0556. The van der Waals surface area contributed by atoms with Gasteiger partial charge in [0.25, 0.3) is 5.91 Å². The predicted molar refractivity (Wildman–Crippen MR) is 98.8 cm³/mol. The second kappa shape index (κ2) is 5.79. The van der Waals surface area contributed by atoms with Crippen molar-refractivity contribution in [2.45, 2.75) is 6.92 Å². The normalized spacial score (nSPS) is 13.0. The van der Waals surface area contributed by atoms with E-state index in [4.69, 9.17) is 0 Å². The van der Waals surface area contributed by atoms with Crippen molar-refractivity contribution >= 4 is 38.7 Å². The number of aryl methyl sites for hydroxylation is 1. The van der Waals surface area contributed by atoms with Crippen LogP contribution in [0.25, 0.3) is 11.3 Å². The van der Waals surface area contributed by atoms with Gasteiger partial charge in [-0.3, -0.25) is 9.59 Å². The van der Waals surface area contributed by atoms with Gasteiger partial charge in [-0.2, -0.15) is 0 Å². The van der Waals surface area contributed by atoms with Gasteiger partial charge in [-0.25, -0.2) is 9.56 Å². The SMILES string of the molecule is Cc1ccc(-n2c(O)c(C3=c4cc(Br)ccc4=NC3=O)sc2=O)cc1. The molecule has 5 nitrogen and oxygen atoms in total. The lowest BCUT2D eigenvalue weighted by molar-refractivity contribution is -0.112. The third kappa shape index (κ3) is 2.56. The molecule has 1 amide bonds. The van der Waals surface area contributed by atoms with Crippen molar-refractivity contribution in [2.75, 3.05) is 0 Å². The minimum atomic E-state index is -0.458. The van der Waals surface area contributed by atoms with E-state index in [0.29, 0.717) is 16.3 Å². The lowest BCUT2D eigenvalue weighted by Gasteiger charge is -2.04. The number of nitrogens with zero attached hydrogens (tertiary/aromatic N) is 2. The molecule has 1 aliphatic heterocycles. The highest BCUT2D eigenvalue weighted by molar-refractivity contribution is 9.10. The number of fused-ring (bicyclic) bond motifs is 1. The number of carbonyl (C=O) groups is 1. The van der Waals surface area contributed by atoms with Crippen LogP contribution < -0.4 is 15.4 Å².